The number of halogens is 2. The highest BCUT2D eigenvalue weighted by Gasteiger charge is 2.35. The fraction of sp³-hybridized carbons (Fsp3) is 0.125. The van der Waals surface area contributed by atoms with E-state index in [9.17, 15) is 0 Å². The van der Waals surface area contributed by atoms with Gasteiger partial charge < -0.3 is 0 Å². The zero-order valence-electron chi connectivity index (χ0n) is 28.6. The van der Waals surface area contributed by atoms with Crippen LogP contribution in [0.2, 0.25) is 0 Å². The number of aryl methyl sites for hydroxylation is 4. The Labute approximate surface area is 312 Å². The lowest BCUT2D eigenvalue weighted by atomic mass is 9.81. The largest absolute Gasteiger partial charge is 0.0610 e. The molecule has 0 heterocycles. The number of benzene rings is 7. The van der Waals surface area contributed by atoms with E-state index in [0.717, 1.165) is 8.95 Å². The van der Waals surface area contributed by atoms with Crippen LogP contribution in [0.5, 0.6) is 0 Å². The average Bonchev–Trinajstić information content (AvgIpc) is 3.60. The molecule has 0 N–H and O–H groups in total. The summed E-state index contributed by atoms with van der Waals surface area (Å²) in [6.45, 7) is 8.98. The van der Waals surface area contributed by atoms with Gasteiger partial charge >= 0.3 is 0 Å². The maximum absolute atomic E-state index is 3.68. The average molecular weight is 773 g/mol. The normalized spacial score (nSPS) is 15.4. The minimum absolute atomic E-state index is 0.161. The third-order valence-corrected chi connectivity index (χ3v) is 12.0. The summed E-state index contributed by atoms with van der Waals surface area (Å²) in [5.41, 5.74) is 24.1. The molecule has 0 nitrogen and oxygen atoms in total. The molecule has 2 unspecified atom stereocenters. The van der Waals surface area contributed by atoms with Crippen LogP contribution >= 0.6 is 31.9 Å². The maximum Gasteiger partial charge on any atom is 0.0358 e. The number of fused-ring (bicyclic) bond motifs is 6. The molecule has 0 saturated carbocycles. The van der Waals surface area contributed by atoms with Gasteiger partial charge in [0.2, 0.25) is 0 Å². The van der Waals surface area contributed by atoms with Gasteiger partial charge in [0.1, 0.15) is 0 Å². The fourth-order valence-corrected chi connectivity index (χ4v) is 9.30. The van der Waals surface area contributed by atoms with Crippen LogP contribution < -0.4 is 0 Å². The summed E-state index contributed by atoms with van der Waals surface area (Å²) in [6.07, 6.45) is 0. The molecule has 0 fully saturated rings. The molecule has 0 amide bonds. The van der Waals surface area contributed by atoms with Crippen molar-refractivity contribution in [2.75, 3.05) is 0 Å². The molecule has 2 atom stereocenters. The van der Waals surface area contributed by atoms with Crippen molar-refractivity contribution in [2.24, 2.45) is 0 Å². The van der Waals surface area contributed by atoms with Crippen molar-refractivity contribution in [3.05, 3.63) is 198 Å². The Morgan fingerprint density at radius 3 is 1.22 bits per heavy atom. The molecule has 7 aromatic carbocycles. The SMILES string of the molecule is Cc1ccc2c(c1)C(c1ccc(Br)cc1)c1c-2ccc(C)c1-c1cccc(-c2c(C)ccc3c2C(c2ccc(Br)cc2)c2cc(C)ccc2-3)c1. The summed E-state index contributed by atoms with van der Waals surface area (Å²) in [5.74, 6) is 0.322. The van der Waals surface area contributed by atoms with E-state index in [0.29, 0.717) is 0 Å². The first kappa shape index (κ1) is 31.5. The Morgan fingerprint density at radius 2 is 0.800 bits per heavy atom. The second kappa shape index (κ2) is 12.1. The molecule has 7 aromatic rings. The van der Waals surface area contributed by atoms with E-state index in [2.05, 4.69) is 193 Å². The number of hydrogen-bond donors (Lipinski definition) is 0. The van der Waals surface area contributed by atoms with Crippen molar-refractivity contribution in [1.29, 1.82) is 0 Å². The van der Waals surface area contributed by atoms with Gasteiger partial charge in [0, 0.05) is 20.8 Å². The van der Waals surface area contributed by atoms with Crippen molar-refractivity contribution in [2.45, 2.75) is 39.5 Å². The molecule has 0 saturated heterocycles. The molecular weight excluding hydrogens is 736 g/mol. The summed E-state index contributed by atoms with van der Waals surface area (Å²) < 4.78 is 2.20. The van der Waals surface area contributed by atoms with Gasteiger partial charge in [-0.3, -0.25) is 0 Å². The van der Waals surface area contributed by atoms with Gasteiger partial charge in [0.05, 0.1) is 0 Å². The first-order chi connectivity index (χ1) is 24.3. The second-order valence-corrected chi connectivity index (χ2v) is 16.0. The molecule has 242 valence electrons. The molecule has 0 bridgehead atoms. The molecule has 0 aliphatic heterocycles. The van der Waals surface area contributed by atoms with Gasteiger partial charge in [-0.25, -0.2) is 0 Å². The Kier molecular flexibility index (Phi) is 7.60. The van der Waals surface area contributed by atoms with E-state index in [-0.39, 0.29) is 11.8 Å². The van der Waals surface area contributed by atoms with Gasteiger partial charge in [0.15, 0.2) is 0 Å². The molecule has 2 aliphatic carbocycles. The maximum atomic E-state index is 3.68. The topological polar surface area (TPSA) is 0 Å². The van der Waals surface area contributed by atoms with Crippen molar-refractivity contribution in [3.63, 3.8) is 0 Å². The van der Waals surface area contributed by atoms with Gasteiger partial charge in [-0.05, 0) is 147 Å². The highest BCUT2D eigenvalue weighted by atomic mass is 79.9. The highest BCUT2D eigenvalue weighted by Crippen LogP contribution is 2.55. The highest BCUT2D eigenvalue weighted by molar-refractivity contribution is 9.10. The predicted molar refractivity (Wildman–Crippen MR) is 217 cm³/mol. The molecule has 9 rings (SSSR count). The summed E-state index contributed by atoms with van der Waals surface area (Å²) in [7, 11) is 0. The number of rotatable bonds is 4. The molecule has 0 spiro atoms. The Hall–Kier alpha value is -4.50. The first-order valence-electron chi connectivity index (χ1n) is 17.4. The Balaban J connectivity index is 1.27. The molecule has 2 heteroatoms. The fourth-order valence-electron chi connectivity index (χ4n) is 8.77. The van der Waals surface area contributed by atoms with Gasteiger partial charge in [-0.1, -0.05) is 146 Å². The second-order valence-electron chi connectivity index (χ2n) is 14.2. The summed E-state index contributed by atoms with van der Waals surface area (Å²) in [6, 6.07) is 50.6. The van der Waals surface area contributed by atoms with Crippen molar-refractivity contribution in [3.8, 4) is 44.5 Å². The lowest BCUT2D eigenvalue weighted by Gasteiger charge is -2.22. The van der Waals surface area contributed by atoms with Crippen LogP contribution in [0, 0.1) is 27.7 Å². The van der Waals surface area contributed by atoms with E-state index in [1.54, 1.807) is 0 Å². The van der Waals surface area contributed by atoms with Gasteiger partial charge in [-0.15, -0.1) is 0 Å². The molecule has 0 aromatic heterocycles. The third-order valence-electron chi connectivity index (χ3n) is 10.9. The number of hydrogen-bond acceptors (Lipinski definition) is 0. The van der Waals surface area contributed by atoms with E-state index in [1.807, 2.05) is 0 Å². The summed E-state index contributed by atoms with van der Waals surface area (Å²) in [5, 5.41) is 0. The minimum Gasteiger partial charge on any atom is -0.0610 e. The van der Waals surface area contributed by atoms with Crippen LogP contribution in [-0.2, 0) is 0 Å². The lowest BCUT2D eigenvalue weighted by Crippen LogP contribution is -2.04. The minimum atomic E-state index is 0.161. The third kappa shape index (κ3) is 4.99. The summed E-state index contributed by atoms with van der Waals surface area (Å²) >= 11 is 7.36. The molecule has 2 aliphatic rings. The van der Waals surface area contributed by atoms with Gasteiger partial charge in [0.25, 0.3) is 0 Å². The summed E-state index contributed by atoms with van der Waals surface area (Å²) in [4.78, 5) is 0. The van der Waals surface area contributed by atoms with Crippen LogP contribution in [-0.4, -0.2) is 0 Å². The van der Waals surface area contributed by atoms with Gasteiger partial charge in [-0.2, -0.15) is 0 Å². The lowest BCUT2D eigenvalue weighted by molar-refractivity contribution is 1.01. The Bertz CT molecular complexity index is 2310. The van der Waals surface area contributed by atoms with E-state index < -0.39 is 0 Å². The van der Waals surface area contributed by atoms with E-state index >= 15 is 0 Å². The van der Waals surface area contributed by atoms with E-state index in [4.69, 9.17) is 0 Å². The zero-order valence-corrected chi connectivity index (χ0v) is 31.8. The van der Waals surface area contributed by atoms with Crippen LogP contribution in [0.15, 0.2) is 142 Å². The molecule has 50 heavy (non-hydrogen) atoms. The molecule has 0 radical (unpaired) electrons. The van der Waals surface area contributed by atoms with Crippen molar-refractivity contribution in [1.82, 2.24) is 0 Å². The van der Waals surface area contributed by atoms with Crippen LogP contribution in [0.4, 0.5) is 0 Å². The monoisotopic (exact) mass is 770 g/mol. The predicted octanol–water partition coefficient (Wildman–Crippen LogP) is 14.1. The molecular formula is C48H36Br2. The standard InChI is InChI=1S/C48H36Br2/c1-27-8-20-37-39-22-10-29(3)43(47(39)45(41(37)24-27)31-12-16-35(49)17-13-31)33-6-5-7-34(26-33)44-30(4)11-23-40-38-21-9-28(2)25-42(38)46(48(40)44)32-14-18-36(50)19-15-32/h5-26,45-46H,1-4H3. The van der Waals surface area contributed by atoms with Crippen molar-refractivity contribution >= 4 is 31.9 Å². The Morgan fingerprint density at radius 1 is 0.400 bits per heavy atom. The van der Waals surface area contributed by atoms with Crippen molar-refractivity contribution < 1.29 is 0 Å². The van der Waals surface area contributed by atoms with Crippen LogP contribution in [0.25, 0.3) is 44.5 Å². The quantitative estimate of drug-likeness (QED) is 0.167. The van der Waals surface area contributed by atoms with Crippen LogP contribution in [0.3, 0.4) is 0 Å². The smallest absolute Gasteiger partial charge is 0.0358 e. The van der Waals surface area contributed by atoms with Crippen LogP contribution in [0.1, 0.15) is 67.5 Å². The zero-order chi connectivity index (χ0) is 34.3. The first-order valence-corrected chi connectivity index (χ1v) is 19.0. The van der Waals surface area contributed by atoms with E-state index in [1.165, 1.54) is 100 Å².